The Morgan fingerprint density at radius 2 is 0.703 bits per heavy atom. The molecule has 1 atom stereocenters. The van der Waals surface area contributed by atoms with Gasteiger partial charge in [0.15, 0.2) is 86.7 Å². The molecule has 14 aromatic carbocycles. The topological polar surface area (TPSA) is 362 Å². The number of phenolic OH excluding ortho intramolecular Hbond substituents is 3. The smallest absolute Gasteiger partial charge is 0.369 e. The van der Waals surface area contributed by atoms with Crippen LogP contribution in [0.5, 0.6) is 40.2 Å². The highest BCUT2D eigenvalue weighted by Crippen LogP contribution is 2.29. The quantitative estimate of drug-likeness (QED) is 0.00478. The van der Waals surface area contributed by atoms with Crippen molar-refractivity contribution in [3.8, 4) is 40.2 Å². The standard InChI is InChI=1S/C24H20FNO4.C23H16FNO3.C17H14FNO4.C14H11FO2.C9H10FNO3.C8H7FO2.C7H7Br.C7H5FO2.BBr3/c1-29-24(28)21(26-23(27)19-10-6-3-7-11-19)14-18-12-13-20(25)22(15-18)30-16-17-8-4-2-5-9-17;24-19-12-11-17(14-21(19)27-15-16-7-3-1-4-8-16)13-20-23(26)28-22(25-20)18-9-5-2-6-10-18;1-23-17(22)14(9-11-7-8-13(18)15(20)10-11)19-16(21)12-5-3-2-4-6-12;15-13-7-6-12(9-16)8-14(13)17-10-11-4-2-1-3-5-11;10-6-2-1-5(4-8(6)12)3-7(11)9(13)14;1-11-8-4-6(5-10)2-3-7(8)9;8-6-7-4-2-1-3-5-7;8-6-2-1-5(4-9)3-7(6)10;2-1(3)4/h2-15H,16H2,1H3,(H,26,27);1-14H,15H2;2-10,20H,1H3,(H,19,21);1-9H,10H2;1-2,4,7,12H,3,11H2,(H,13,14);2-5H,1H3;1-5H,6H2;1-4,10H;/b21-14-;20-13-;14-9-;;;;;;. The van der Waals surface area contributed by atoms with Crippen molar-refractivity contribution in [1.82, 2.24) is 10.6 Å². The summed E-state index contributed by atoms with van der Waals surface area (Å²) in [6.07, 6.45) is 6.14. The molecular formula is C109H90BBr4F7N4O20. The molecule has 0 saturated carbocycles. The molecule has 0 fully saturated rings. The summed E-state index contributed by atoms with van der Waals surface area (Å²) >= 11 is 12.7. The van der Waals surface area contributed by atoms with Crippen molar-refractivity contribution in [1.29, 1.82) is 0 Å². The third-order valence-corrected chi connectivity index (χ3v) is 19.5. The number of carboxylic acid groups (broad SMARTS) is 1. The van der Waals surface area contributed by atoms with Crippen molar-refractivity contribution in [3.05, 3.63) is 475 Å². The molecule has 15 rings (SSSR count). The zero-order chi connectivity index (χ0) is 106. The number of nitrogens with two attached hydrogens (primary N) is 1. The number of aldehydes is 3. The van der Waals surface area contributed by atoms with Crippen LogP contribution in [0.4, 0.5) is 30.7 Å². The van der Waals surface area contributed by atoms with Gasteiger partial charge in [-0.15, -0.1) is 47.3 Å². The molecular weight excluding hydrogens is 2150 g/mol. The summed E-state index contributed by atoms with van der Waals surface area (Å²) in [7, 11) is 3.74. The lowest BCUT2D eigenvalue weighted by molar-refractivity contribution is -0.139. The molecule has 1 heterocycles. The van der Waals surface area contributed by atoms with Crippen LogP contribution >= 0.6 is 63.2 Å². The Hall–Kier alpha value is -16.1. The van der Waals surface area contributed by atoms with Gasteiger partial charge in [0.05, 0.1) is 21.3 Å². The number of methoxy groups -OCH3 is 3. The minimum atomic E-state index is -1.13. The molecule has 0 aromatic heterocycles. The minimum Gasteiger partial charge on any atom is -0.505 e. The second kappa shape index (κ2) is 62.9. The maximum atomic E-state index is 14.2. The van der Waals surface area contributed by atoms with E-state index in [1.165, 1.54) is 124 Å². The number of ether oxygens (including phenoxy) is 7. The zero-order valence-electron chi connectivity index (χ0n) is 77.0. The van der Waals surface area contributed by atoms with Gasteiger partial charge < -0.3 is 70.0 Å². The van der Waals surface area contributed by atoms with Gasteiger partial charge in [-0.1, -0.05) is 216 Å². The van der Waals surface area contributed by atoms with Gasteiger partial charge in [0.2, 0.25) is 5.90 Å². The molecule has 8 N–H and O–H groups in total. The SMILES string of the molecule is BrB(Br)Br.BrCc1ccccc1.COC(=O)/C(=C/c1ccc(F)c(O)c1)NC(=O)c1ccccc1.COC(=O)/C(=C/c1ccc(F)c(OCc2ccccc2)c1)NC(=O)c1ccccc1.COc1cc(C=O)ccc1F.NC(Cc1ccc(F)c(O)c1)C(=O)O.O=C1OC(c2ccccc2)=N/C1=C\c1ccc(F)c(OCc2ccccc2)c1.O=Cc1ccc(F)c(O)c1.O=Cc1ccc(F)c(OCc2ccccc2)c1. The van der Waals surface area contributed by atoms with Gasteiger partial charge in [0.1, 0.15) is 56.1 Å². The summed E-state index contributed by atoms with van der Waals surface area (Å²) in [5.74, 6) is -9.27. The number of aromatic hydroxyl groups is 3. The molecule has 24 nitrogen and oxygen atoms in total. The third kappa shape index (κ3) is 41.9. The lowest BCUT2D eigenvalue weighted by Crippen LogP contribution is -2.32. The number of alkyl halides is 1. The van der Waals surface area contributed by atoms with Crippen LogP contribution in [0.2, 0.25) is 0 Å². The number of nitrogens with zero attached hydrogens (tertiary/aromatic N) is 1. The Labute approximate surface area is 862 Å². The second-order valence-corrected chi connectivity index (χ2v) is 36.3. The number of aliphatic carboxylic acids is 1. The van der Waals surface area contributed by atoms with Crippen LogP contribution < -0.4 is 35.3 Å². The normalized spacial score (nSPS) is 11.2. The average Bonchev–Trinajstić information content (AvgIpc) is 1.70. The molecule has 0 saturated heterocycles. The van der Waals surface area contributed by atoms with E-state index in [4.69, 9.17) is 44.7 Å². The summed E-state index contributed by atoms with van der Waals surface area (Å²) in [4.78, 5) is 106. The molecule has 2 amide bonds. The Balaban J connectivity index is 0.000000231. The average molecular weight is 2240 g/mol. The predicted octanol–water partition coefficient (Wildman–Crippen LogP) is 23.0. The van der Waals surface area contributed by atoms with E-state index in [0.29, 0.717) is 68.9 Å². The lowest BCUT2D eigenvalue weighted by atomic mass is 10.1. The molecule has 0 radical (unpaired) electrons. The predicted molar refractivity (Wildman–Crippen MR) is 551 cm³/mol. The number of carbonyl (C=O) groups is 9. The lowest BCUT2D eigenvalue weighted by Gasteiger charge is -2.10. The van der Waals surface area contributed by atoms with Crippen LogP contribution in [0.1, 0.15) is 102 Å². The highest BCUT2D eigenvalue weighted by Gasteiger charge is 2.25. The van der Waals surface area contributed by atoms with Crippen molar-refractivity contribution in [2.45, 2.75) is 37.6 Å². The summed E-state index contributed by atoms with van der Waals surface area (Å²) < 4.78 is 128. The Bertz CT molecular complexity index is 6740. The number of halogens is 11. The molecule has 1 aliphatic heterocycles. The van der Waals surface area contributed by atoms with E-state index < -0.39 is 99.7 Å². The number of rotatable bonds is 27. The number of carboxylic acids is 1. The highest BCUT2D eigenvalue weighted by atomic mass is 79.9. The molecule has 1 aliphatic rings. The Morgan fingerprint density at radius 1 is 0.400 bits per heavy atom. The highest BCUT2D eigenvalue weighted by molar-refractivity contribution is 9.69. The number of phenols is 3. The summed E-state index contributed by atoms with van der Waals surface area (Å²) in [6.45, 7) is 0.718. The maximum Gasteiger partial charge on any atom is 0.369 e. The van der Waals surface area contributed by atoms with Gasteiger partial charge in [-0.2, -0.15) is 0 Å². The number of aliphatic imine (C=N–C) groups is 1. The third-order valence-electron chi connectivity index (χ3n) is 18.8. The largest absolute Gasteiger partial charge is 0.505 e. The maximum absolute atomic E-state index is 14.2. The first kappa shape index (κ1) is 116. The number of cyclic esters (lactones) is 1. The Morgan fingerprint density at radius 3 is 1.06 bits per heavy atom. The van der Waals surface area contributed by atoms with E-state index in [1.807, 2.05) is 140 Å². The van der Waals surface area contributed by atoms with Crippen LogP contribution in [-0.4, -0.2) is 111 Å². The van der Waals surface area contributed by atoms with Crippen molar-refractivity contribution in [3.63, 3.8) is 0 Å². The van der Waals surface area contributed by atoms with Crippen molar-refractivity contribution >= 4 is 145 Å². The molecule has 0 aliphatic carbocycles. The van der Waals surface area contributed by atoms with Crippen LogP contribution in [0, 0.1) is 40.7 Å². The number of nitrogens with one attached hydrogen (secondary N) is 2. The number of esters is 3. The second-order valence-electron chi connectivity index (χ2n) is 29.3. The number of amides is 2. The van der Waals surface area contributed by atoms with Crippen molar-refractivity contribution in [2.24, 2.45) is 10.7 Å². The number of benzene rings is 14. The Kier molecular flexibility index (Phi) is 50.2. The zero-order valence-corrected chi connectivity index (χ0v) is 83.3. The minimum absolute atomic E-state index is 0.0335. The van der Waals surface area contributed by atoms with Gasteiger partial charge >= 0.3 is 27.1 Å². The molecule has 145 heavy (non-hydrogen) atoms. The van der Waals surface area contributed by atoms with E-state index in [-0.39, 0.29) is 81.0 Å². The number of carbonyl (C=O) groups excluding carboxylic acids is 8. The van der Waals surface area contributed by atoms with Gasteiger partial charge in [-0.3, -0.25) is 28.8 Å². The fourth-order valence-corrected chi connectivity index (χ4v) is 12.0. The van der Waals surface area contributed by atoms with Crippen molar-refractivity contribution < 1.29 is 127 Å². The van der Waals surface area contributed by atoms with Crippen LogP contribution in [0.3, 0.4) is 0 Å². The first-order valence-electron chi connectivity index (χ1n) is 42.7. The molecule has 0 bridgehead atoms. The first-order valence-corrected chi connectivity index (χ1v) is 46.5. The van der Waals surface area contributed by atoms with E-state index in [9.17, 15) is 79.0 Å². The van der Waals surface area contributed by atoms with E-state index in [2.05, 4.69) is 100 Å². The van der Waals surface area contributed by atoms with Crippen LogP contribution in [0.25, 0.3) is 18.2 Å². The van der Waals surface area contributed by atoms with Crippen molar-refractivity contribution in [2.75, 3.05) is 21.3 Å². The molecule has 0 spiro atoms. The molecule has 14 aromatic rings. The van der Waals surface area contributed by atoms with E-state index in [1.54, 1.807) is 72.8 Å². The first-order chi connectivity index (χ1) is 69.7. The number of hydrogen-bond donors (Lipinski definition) is 7. The summed E-state index contributed by atoms with van der Waals surface area (Å²) in [5.41, 5.74) is 13.7. The van der Waals surface area contributed by atoms with Gasteiger partial charge in [0.25, 0.3) is 11.8 Å². The number of hydrogen-bond acceptors (Lipinski definition) is 21. The van der Waals surface area contributed by atoms with E-state index in [0.717, 1.165) is 58.4 Å². The van der Waals surface area contributed by atoms with E-state index >= 15 is 0 Å². The van der Waals surface area contributed by atoms with Gasteiger partial charge in [0, 0.05) is 38.7 Å². The summed E-state index contributed by atoms with van der Waals surface area (Å²) in [5, 5.41) is 41.5. The summed E-state index contributed by atoms with van der Waals surface area (Å²) in [6, 6.07) is 90.6. The monoisotopic (exact) mass is 2230 g/mol. The fourth-order valence-electron chi connectivity index (χ4n) is 11.6. The van der Waals surface area contributed by atoms with Gasteiger partial charge in [-0.25, -0.2) is 50.1 Å². The van der Waals surface area contributed by atoms with Crippen LogP contribution in [-0.2, 0) is 65.0 Å². The van der Waals surface area contributed by atoms with Gasteiger partial charge in [-0.05, 0) is 209 Å². The molecule has 1 unspecified atom stereocenters. The molecule has 36 heteroatoms. The molecule has 746 valence electrons. The fraction of sp³-hybridized carbons (Fsp3) is 0.0826. The van der Waals surface area contributed by atoms with Crippen LogP contribution in [0.15, 0.2) is 362 Å².